The highest BCUT2D eigenvalue weighted by molar-refractivity contribution is 5.75. The highest BCUT2D eigenvalue weighted by atomic mass is 16.6. The van der Waals surface area contributed by atoms with Crippen molar-refractivity contribution in [3.05, 3.63) is 59.7 Å². The van der Waals surface area contributed by atoms with Crippen molar-refractivity contribution in [3.8, 4) is 11.5 Å². The molecular formula is C28H37NO4. The van der Waals surface area contributed by atoms with E-state index in [1.165, 1.54) is 18.4 Å². The molecule has 0 aromatic heterocycles. The van der Waals surface area contributed by atoms with Crippen LogP contribution in [0.15, 0.2) is 48.5 Å². The lowest BCUT2D eigenvalue weighted by atomic mass is 9.88. The summed E-state index contributed by atoms with van der Waals surface area (Å²) in [5, 5.41) is 0. The second kappa shape index (κ2) is 10.2. The number of nitrogens with zero attached hydrogens (tertiary/aromatic N) is 1. The van der Waals surface area contributed by atoms with Crippen molar-refractivity contribution in [2.45, 2.75) is 70.6 Å². The summed E-state index contributed by atoms with van der Waals surface area (Å²) in [5.74, 6) is 1.23. The van der Waals surface area contributed by atoms with Crippen molar-refractivity contribution in [1.82, 2.24) is 4.90 Å². The number of hydrogen-bond donors (Lipinski definition) is 0. The quantitative estimate of drug-likeness (QED) is 0.515. The molecule has 5 nitrogen and oxygen atoms in total. The van der Waals surface area contributed by atoms with Gasteiger partial charge < -0.3 is 14.2 Å². The minimum absolute atomic E-state index is 0.0420. The largest absolute Gasteiger partial charge is 0.493 e. The van der Waals surface area contributed by atoms with Crippen molar-refractivity contribution >= 4 is 5.97 Å². The van der Waals surface area contributed by atoms with E-state index in [4.69, 9.17) is 14.2 Å². The van der Waals surface area contributed by atoms with Gasteiger partial charge in [0.1, 0.15) is 5.60 Å². The van der Waals surface area contributed by atoms with Gasteiger partial charge in [0.15, 0.2) is 11.5 Å². The van der Waals surface area contributed by atoms with Crippen molar-refractivity contribution < 1.29 is 19.0 Å². The number of esters is 1. The Morgan fingerprint density at radius 2 is 1.73 bits per heavy atom. The number of likely N-dealkylation sites (tertiary alicyclic amines) is 1. The van der Waals surface area contributed by atoms with Crippen LogP contribution >= 0.6 is 0 Å². The Labute approximate surface area is 198 Å². The summed E-state index contributed by atoms with van der Waals surface area (Å²) >= 11 is 0. The van der Waals surface area contributed by atoms with E-state index in [-0.39, 0.29) is 23.9 Å². The van der Waals surface area contributed by atoms with Gasteiger partial charge in [-0.2, -0.15) is 0 Å². The van der Waals surface area contributed by atoms with Crippen molar-refractivity contribution in [2.75, 3.05) is 20.2 Å². The zero-order chi connectivity index (χ0) is 23.4. The van der Waals surface area contributed by atoms with Crippen LogP contribution in [0.5, 0.6) is 11.5 Å². The maximum absolute atomic E-state index is 13.2. The molecule has 1 aliphatic carbocycles. The van der Waals surface area contributed by atoms with Crippen LogP contribution in [0, 0.1) is 5.92 Å². The minimum Gasteiger partial charge on any atom is -0.493 e. The van der Waals surface area contributed by atoms with Crippen LogP contribution in [0.4, 0.5) is 0 Å². The third-order valence-electron chi connectivity index (χ3n) is 6.57. The molecule has 1 heterocycles. The summed E-state index contributed by atoms with van der Waals surface area (Å²) in [6.07, 6.45) is 4.84. The molecular weight excluding hydrogens is 414 g/mol. The third kappa shape index (κ3) is 6.08. The highest BCUT2D eigenvalue weighted by Gasteiger charge is 2.41. The standard InChI is InChI=1S/C28H37NO4/c1-28(2,3)33-27(30)24-19-29(17-20-10-6-5-7-11-20)18-23(24)21-14-15-25(31-4)26(16-21)32-22-12-8-9-13-22/h5-7,10-11,14-16,22-24H,8-9,12-13,17-19H2,1-4H3. The van der Waals surface area contributed by atoms with Crippen LogP contribution in [0.2, 0.25) is 0 Å². The maximum Gasteiger partial charge on any atom is 0.311 e. The molecule has 2 aliphatic rings. The molecule has 2 atom stereocenters. The van der Waals surface area contributed by atoms with Gasteiger partial charge in [-0.15, -0.1) is 0 Å². The molecule has 5 heteroatoms. The van der Waals surface area contributed by atoms with Crippen LogP contribution in [0.3, 0.4) is 0 Å². The molecule has 0 N–H and O–H groups in total. The normalized spacial score (nSPS) is 21.8. The molecule has 2 fully saturated rings. The van der Waals surface area contributed by atoms with Crippen LogP contribution < -0.4 is 9.47 Å². The lowest BCUT2D eigenvalue weighted by Crippen LogP contribution is -2.32. The summed E-state index contributed by atoms with van der Waals surface area (Å²) in [4.78, 5) is 15.6. The zero-order valence-electron chi connectivity index (χ0n) is 20.4. The van der Waals surface area contributed by atoms with Gasteiger partial charge in [0.25, 0.3) is 0 Å². The van der Waals surface area contributed by atoms with Crippen LogP contribution in [0.1, 0.15) is 63.5 Å². The molecule has 2 aromatic carbocycles. The molecule has 4 rings (SSSR count). The number of benzene rings is 2. The molecule has 0 radical (unpaired) electrons. The summed E-state index contributed by atoms with van der Waals surface area (Å²) in [6, 6.07) is 16.6. The SMILES string of the molecule is COc1ccc(C2CN(Cc3ccccc3)CC2C(=O)OC(C)(C)C)cc1OC1CCCC1. The lowest BCUT2D eigenvalue weighted by Gasteiger charge is -2.25. The number of carbonyl (C=O) groups excluding carboxylic acids is 1. The van der Waals surface area contributed by atoms with Gasteiger partial charge in [0.2, 0.25) is 0 Å². The summed E-state index contributed by atoms with van der Waals surface area (Å²) < 4.78 is 17.8. The summed E-state index contributed by atoms with van der Waals surface area (Å²) in [7, 11) is 1.68. The van der Waals surface area contributed by atoms with Crippen molar-refractivity contribution in [3.63, 3.8) is 0 Å². The first-order valence-corrected chi connectivity index (χ1v) is 12.2. The van der Waals surface area contributed by atoms with Gasteiger partial charge in [-0.05, 0) is 69.7 Å². The summed E-state index contributed by atoms with van der Waals surface area (Å²) in [5.41, 5.74) is 1.85. The Morgan fingerprint density at radius 3 is 2.39 bits per heavy atom. The Balaban J connectivity index is 1.59. The minimum atomic E-state index is -0.509. The fourth-order valence-electron chi connectivity index (χ4n) is 5.01. The number of carbonyl (C=O) groups is 1. The second-order valence-electron chi connectivity index (χ2n) is 10.4. The average Bonchev–Trinajstić information content (AvgIpc) is 3.43. The van der Waals surface area contributed by atoms with E-state index in [0.717, 1.165) is 43.0 Å². The second-order valence-corrected chi connectivity index (χ2v) is 10.4. The molecule has 2 unspecified atom stereocenters. The fraction of sp³-hybridized carbons (Fsp3) is 0.536. The van der Waals surface area contributed by atoms with Gasteiger partial charge in [-0.3, -0.25) is 9.69 Å². The van der Waals surface area contributed by atoms with Crippen molar-refractivity contribution in [1.29, 1.82) is 0 Å². The van der Waals surface area contributed by atoms with Gasteiger partial charge in [0, 0.05) is 25.6 Å². The van der Waals surface area contributed by atoms with E-state index in [2.05, 4.69) is 41.3 Å². The first-order chi connectivity index (χ1) is 15.8. The molecule has 178 valence electrons. The molecule has 0 bridgehead atoms. The smallest absolute Gasteiger partial charge is 0.311 e. The Hall–Kier alpha value is -2.53. The highest BCUT2D eigenvalue weighted by Crippen LogP contribution is 2.40. The van der Waals surface area contributed by atoms with Gasteiger partial charge in [0.05, 0.1) is 19.1 Å². The molecule has 2 aromatic rings. The van der Waals surface area contributed by atoms with E-state index in [0.29, 0.717) is 6.54 Å². The first kappa shape index (κ1) is 23.6. The van der Waals surface area contributed by atoms with E-state index < -0.39 is 5.60 Å². The Morgan fingerprint density at radius 1 is 1.00 bits per heavy atom. The Bertz CT molecular complexity index is 931. The summed E-state index contributed by atoms with van der Waals surface area (Å²) in [6.45, 7) is 8.08. The van der Waals surface area contributed by atoms with E-state index in [1.54, 1.807) is 7.11 Å². The van der Waals surface area contributed by atoms with Crippen LogP contribution in [-0.4, -0.2) is 42.8 Å². The van der Waals surface area contributed by atoms with Gasteiger partial charge >= 0.3 is 5.97 Å². The number of methoxy groups -OCH3 is 1. The number of hydrogen-bond acceptors (Lipinski definition) is 5. The molecule has 1 aliphatic heterocycles. The molecule has 1 saturated carbocycles. The van der Waals surface area contributed by atoms with Crippen LogP contribution in [-0.2, 0) is 16.1 Å². The van der Waals surface area contributed by atoms with Crippen molar-refractivity contribution in [2.24, 2.45) is 5.92 Å². The predicted molar refractivity (Wildman–Crippen MR) is 130 cm³/mol. The van der Waals surface area contributed by atoms with E-state index in [1.807, 2.05) is 32.9 Å². The number of ether oxygens (including phenoxy) is 3. The van der Waals surface area contributed by atoms with Gasteiger partial charge in [-0.25, -0.2) is 0 Å². The Kier molecular flexibility index (Phi) is 7.28. The monoisotopic (exact) mass is 451 g/mol. The first-order valence-electron chi connectivity index (χ1n) is 12.2. The van der Waals surface area contributed by atoms with E-state index >= 15 is 0 Å². The third-order valence-corrected chi connectivity index (χ3v) is 6.57. The topological polar surface area (TPSA) is 48.0 Å². The molecule has 33 heavy (non-hydrogen) atoms. The molecule has 0 spiro atoms. The fourth-order valence-corrected chi connectivity index (χ4v) is 5.01. The van der Waals surface area contributed by atoms with Crippen LogP contribution in [0.25, 0.3) is 0 Å². The van der Waals surface area contributed by atoms with E-state index in [9.17, 15) is 4.79 Å². The number of rotatable bonds is 7. The average molecular weight is 452 g/mol. The molecule has 0 amide bonds. The lowest BCUT2D eigenvalue weighted by molar-refractivity contribution is -0.160. The predicted octanol–water partition coefficient (Wildman–Crippen LogP) is 5.57. The zero-order valence-corrected chi connectivity index (χ0v) is 20.4. The van der Waals surface area contributed by atoms with Gasteiger partial charge in [-0.1, -0.05) is 36.4 Å². The maximum atomic E-state index is 13.2. The molecule has 1 saturated heterocycles.